The monoisotopic (exact) mass is 369 g/mol. The highest BCUT2D eigenvalue weighted by atomic mass is 32.3. The van der Waals surface area contributed by atoms with Crippen LogP contribution in [-0.2, 0) is 10.2 Å². The van der Waals surface area contributed by atoms with Gasteiger partial charge in [-0.25, -0.2) is 0 Å². The van der Waals surface area contributed by atoms with Gasteiger partial charge in [-0.1, -0.05) is 0 Å². The fourth-order valence-corrected chi connectivity index (χ4v) is 2.41. The van der Waals surface area contributed by atoms with Crippen molar-refractivity contribution in [2.45, 2.75) is 17.7 Å². The Morgan fingerprint density at radius 3 is 1.72 bits per heavy atom. The maximum atomic E-state index is 12.7. The number of nitro groups is 1. The predicted octanol–water partition coefficient (Wildman–Crippen LogP) is 3.49. The molecule has 0 aliphatic heterocycles. The van der Waals surface area contributed by atoms with Gasteiger partial charge in [0, 0.05) is 12.1 Å². The molecule has 0 aliphatic carbocycles. The lowest BCUT2D eigenvalue weighted by Gasteiger charge is -2.08. The number of halogens is 1. The maximum absolute atomic E-state index is 12.7. The molecular formula is C16H16FNO6S. The van der Waals surface area contributed by atoms with Crippen LogP contribution >= 0.6 is 0 Å². The highest BCUT2D eigenvalue weighted by Crippen LogP contribution is 2.19. The molecule has 0 spiro atoms. The van der Waals surface area contributed by atoms with Crippen molar-refractivity contribution < 1.29 is 26.7 Å². The van der Waals surface area contributed by atoms with Crippen LogP contribution in [0.4, 0.5) is 9.57 Å². The van der Waals surface area contributed by atoms with E-state index in [0.717, 1.165) is 12.1 Å². The number of non-ortho nitro benzene ring substituents is 1. The number of hydrogen-bond acceptors (Lipinski definition) is 6. The summed E-state index contributed by atoms with van der Waals surface area (Å²) in [5.41, 5.74) is 0.00679. The van der Waals surface area contributed by atoms with E-state index in [4.69, 9.17) is 9.47 Å². The summed E-state index contributed by atoms with van der Waals surface area (Å²) in [6, 6.07) is 10.9. The van der Waals surface area contributed by atoms with Crippen molar-refractivity contribution in [2.75, 3.05) is 13.2 Å². The molecule has 2 rings (SSSR count). The van der Waals surface area contributed by atoms with E-state index >= 15 is 0 Å². The third-order valence-corrected chi connectivity index (χ3v) is 4.06. The first-order valence-corrected chi connectivity index (χ1v) is 8.79. The number of rotatable bonds is 9. The van der Waals surface area contributed by atoms with Gasteiger partial charge in [0.15, 0.2) is 0 Å². The van der Waals surface area contributed by atoms with Crippen LogP contribution in [0.15, 0.2) is 53.4 Å². The van der Waals surface area contributed by atoms with Crippen molar-refractivity contribution in [3.05, 3.63) is 58.6 Å². The minimum atomic E-state index is -4.70. The molecule has 0 amide bonds. The molecule has 7 nitrogen and oxygen atoms in total. The Balaban J connectivity index is 1.65. The van der Waals surface area contributed by atoms with Gasteiger partial charge in [0.25, 0.3) is 5.69 Å². The van der Waals surface area contributed by atoms with Gasteiger partial charge < -0.3 is 9.47 Å². The van der Waals surface area contributed by atoms with Gasteiger partial charge in [0.1, 0.15) is 11.5 Å². The number of nitrogens with zero attached hydrogens (tertiary/aromatic N) is 1. The second kappa shape index (κ2) is 8.43. The molecule has 0 aliphatic rings. The zero-order valence-corrected chi connectivity index (χ0v) is 13.9. The topological polar surface area (TPSA) is 95.7 Å². The lowest BCUT2D eigenvalue weighted by Crippen LogP contribution is -2.02. The molecule has 0 N–H and O–H groups in total. The van der Waals surface area contributed by atoms with Crippen LogP contribution in [0.1, 0.15) is 12.8 Å². The van der Waals surface area contributed by atoms with E-state index < -0.39 is 20.0 Å². The van der Waals surface area contributed by atoms with Gasteiger partial charge in [-0.2, -0.15) is 8.42 Å². The standard InChI is InChI=1S/C16H16FNO6S/c17-25(21,22)16-9-7-15(8-10-16)24-12-2-1-11-23-14-5-3-13(4-6-14)18(19)20/h3-10H,1-2,11-12H2. The SMILES string of the molecule is O=[N+]([O-])c1ccc(OCCCCOc2ccc(S(=O)(=O)F)cc2)cc1. The first-order chi connectivity index (χ1) is 11.9. The second-order valence-electron chi connectivity index (χ2n) is 5.06. The molecule has 0 atom stereocenters. The van der Waals surface area contributed by atoms with Crippen LogP contribution in [-0.4, -0.2) is 26.6 Å². The van der Waals surface area contributed by atoms with Gasteiger partial charge in [0.2, 0.25) is 0 Å². The van der Waals surface area contributed by atoms with E-state index in [-0.39, 0.29) is 5.69 Å². The average molecular weight is 369 g/mol. The van der Waals surface area contributed by atoms with Crippen LogP contribution < -0.4 is 9.47 Å². The molecule has 25 heavy (non-hydrogen) atoms. The molecule has 0 saturated heterocycles. The summed E-state index contributed by atoms with van der Waals surface area (Å²) in [7, 11) is -4.70. The Bertz CT molecular complexity index is 806. The molecule has 0 heterocycles. The molecule has 9 heteroatoms. The van der Waals surface area contributed by atoms with E-state index in [2.05, 4.69) is 0 Å². The van der Waals surface area contributed by atoms with Gasteiger partial charge >= 0.3 is 10.2 Å². The number of nitro benzene ring substituents is 1. The molecule has 2 aromatic carbocycles. The van der Waals surface area contributed by atoms with E-state index in [1.165, 1.54) is 36.4 Å². The summed E-state index contributed by atoms with van der Waals surface area (Å²) in [6.45, 7) is 0.825. The maximum Gasteiger partial charge on any atom is 0.332 e. The Hall–Kier alpha value is -2.68. The quantitative estimate of drug-likeness (QED) is 0.291. The van der Waals surface area contributed by atoms with Crippen LogP contribution in [0.25, 0.3) is 0 Å². The Labute approximate surface area is 144 Å². The highest BCUT2D eigenvalue weighted by Gasteiger charge is 2.11. The van der Waals surface area contributed by atoms with Gasteiger partial charge in [-0.15, -0.1) is 3.89 Å². The molecule has 0 unspecified atom stereocenters. The Kier molecular flexibility index (Phi) is 6.29. The van der Waals surface area contributed by atoms with Crippen molar-refractivity contribution in [1.82, 2.24) is 0 Å². The molecule has 0 aromatic heterocycles. The third-order valence-electron chi connectivity index (χ3n) is 3.23. The first kappa shape index (κ1) is 18.7. The lowest BCUT2D eigenvalue weighted by molar-refractivity contribution is -0.384. The fourth-order valence-electron chi connectivity index (χ4n) is 1.95. The Morgan fingerprint density at radius 1 is 0.880 bits per heavy atom. The molecule has 0 bridgehead atoms. The van der Waals surface area contributed by atoms with Crippen molar-refractivity contribution in [1.29, 1.82) is 0 Å². The molecule has 0 saturated carbocycles. The number of unbranched alkanes of at least 4 members (excludes halogenated alkanes) is 1. The molecule has 0 fully saturated rings. The number of benzene rings is 2. The summed E-state index contributed by atoms with van der Waals surface area (Å²) in [6.07, 6.45) is 1.39. The van der Waals surface area contributed by atoms with Gasteiger partial charge in [-0.3, -0.25) is 10.1 Å². The van der Waals surface area contributed by atoms with Gasteiger partial charge in [-0.05, 0) is 49.2 Å². The number of hydrogen-bond donors (Lipinski definition) is 0. The van der Waals surface area contributed by atoms with Crippen molar-refractivity contribution in [2.24, 2.45) is 0 Å². The highest BCUT2D eigenvalue weighted by molar-refractivity contribution is 7.86. The third kappa shape index (κ3) is 6.03. The van der Waals surface area contributed by atoms with E-state index in [0.29, 0.717) is 37.6 Å². The smallest absolute Gasteiger partial charge is 0.332 e. The summed E-state index contributed by atoms with van der Waals surface area (Å²) in [5.74, 6) is 0.998. The largest absolute Gasteiger partial charge is 0.494 e. The van der Waals surface area contributed by atoms with E-state index in [9.17, 15) is 22.4 Å². The van der Waals surface area contributed by atoms with Gasteiger partial charge in [0.05, 0.1) is 23.0 Å². The first-order valence-electron chi connectivity index (χ1n) is 7.41. The van der Waals surface area contributed by atoms with Crippen molar-refractivity contribution in [3.8, 4) is 11.5 Å². The fraction of sp³-hybridized carbons (Fsp3) is 0.250. The lowest BCUT2D eigenvalue weighted by atomic mass is 10.3. The summed E-state index contributed by atoms with van der Waals surface area (Å²) < 4.78 is 45.0. The van der Waals surface area contributed by atoms with Crippen molar-refractivity contribution >= 4 is 15.9 Å². The zero-order valence-electron chi connectivity index (χ0n) is 13.1. The summed E-state index contributed by atoms with van der Waals surface area (Å²) >= 11 is 0. The van der Waals surface area contributed by atoms with Crippen LogP contribution in [0.2, 0.25) is 0 Å². The second-order valence-corrected chi connectivity index (χ2v) is 6.41. The minimum Gasteiger partial charge on any atom is -0.494 e. The molecule has 134 valence electrons. The van der Waals surface area contributed by atoms with Crippen LogP contribution in [0, 0.1) is 10.1 Å². The van der Waals surface area contributed by atoms with E-state index in [1.807, 2.05) is 0 Å². The average Bonchev–Trinajstić information content (AvgIpc) is 2.58. The van der Waals surface area contributed by atoms with Crippen LogP contribution in [0.5, 0.6) is 11.5 Å². The normalized spacial score (nSPS) is 11.1. The summed E-state index contributed by atoms with van der Waals surface area (Å²) in [5, 5.41) is 10.5. The molecular weight excluding hydrogens is 353 g/mol. The van der Waals surface area contributed by atoms with Crippen LogP contribution in [0.3, 0.4) is 0 Å². The van der Waals surface area contributed by atoms with E-state index in [1.54, 1.807) is 0 Å². The molecule has 0 radical (unpaired) electrons. The van der Waals surface area contributed by atoms with Crippen molar-refractivity contribution in [3.63, 3.8) is 0 Å². The summed E-state index contributed by atoms with van der Waals surface area (Å²) in [4.78, 5) is 9.65. The minimum absolute atomic E-state index is 0.00679. The predicted molar refractivity (Wildman–Crippen MR) is 88.1 cm³/mol. The molecule has 2 aromatic rings. The zero-order chi connectivity index (χ0) is 18.3. The number of ether oxygens (including phenoxy) is 2. The Morgan fingerprint density at radius 2 is 1.32 bits per heavy atom.